The molecule has 2 nitrogen and oxygen atoms in total. The number of likely N-dealkylation sites (N-methyl/N-ethyl adjacent to an activating group) is 1. The molecule has 0 aliphatic heterocycles. The third kappa shape index (κ3) is 3.55. The average molecular weight is 282 g/mol. The minimum Gasteiger partial charge on any atom is -0.323 e. The SMILES string of the molecule is CC1CCCCC1N(C)CC(N)c1cc(F)ccc1F. The summed E-state index contributed by atoms with van der Waals surface area (Å²) in [7, 11) is 2.03. The molecule has 1 saturated carbocycles. The van der Waals surface area contributed by atoms with Crippen molar-refractivity contribution in [2.24, 2.45) is 11.7 Å². The summed E-state index contributed by atoms with van der Waals surface area (Å²) in [5, 5.41) is 0. The second-order valence-corrected chi connectivity index (χ2v) is 6.04. The second-order valence-electron chi connectivity index (χ2n) is 6.04. The molecule has 0 aromatic heterocycles. The van der Waals surface area contributed by atoms with Gasteiger partial charge in [0.15, 0.2) is 0 Å². The molecule has 3 atom stereocenters. The van der Waals surface area contributed by atoms with E-state index in [2.05, 4.69) is 11.8 Å². The van der Waals surface area contributed by atoms with E-state index in [0.717, 1.165) is 18.6 Å². The zero-order chi connectivity index (χ0) is 14.7. The Labute approximate surface area is 120 Å². The van der Waals surface area contributed by atoms with E-state index in [0.29, 0.717) is 18.5 Å². The molecule has 3 unspecified atom stereocenters. The van der Waals surface area contributed by atoms with Crippen LogP contribution in [0.2, 0.25) is 0 Å². The molecular formula is C16H24F2N2. The molecule has 20 heavy (non-hydrogen) atoms. The van der Waals surface area contributed by atoms with Gasteiger partial charge in [-0.1, -0.05) is 19.8 Å². The molecule has 1 aliphatic carbocycles. The Hall–Kier alpha value is -1.00. The fourth-order valence-electron chi connectivity index (χ4n) is 3.29. The summed E-state index contributed by atoms with van der Waals surface area (Å²) < 4.78 is 26.9. The van der Waals surface area contributed by atoms with E-state index in [-0.39, 0.29) is 5.56 Å². The number of rotatable bonds is 4. The summed E-state index contributed by atoms with van der Waals surface area (Å²) in [6.45, 7) is 2.81. The lowest BCUT2D eigenvalue weighted by Crippen LogP contribution is -2.42. The van der Waals surface area contributed by atoms with Gasteiger partial charge in [-0.25, -0.2) is 8.78 Å². The summed E-state index contributed by atoms with van der Waals surface area (Å²) in [4.78, 5) is 2.21. The molecule has 0 heterocycles. The summed E-state index contributed by atoms with van der Waals surface area (Å²) in [5.41, 5.74) is 6.33. The first kappa shape index (κ1) is 15.4. The van der Waals surface area contributed by atoms with Gasteiger partial charge in [0.1, 0.15) is 11.6 Å². The maximum absolute atomic E-state index is 13.7. The van der Waals surface area contributed by atoms with E-state index < -0.39 is 17.7 Å². The quantitative estimate of drug-likeness (QED) is 0.916. The van der Waals surface area contributed by atoms with Gasteiger partial charge in [-0.05, 0) is 44.0 Å². The van der Waals surface area contributed by atoms with Gasteiger partial charge >= 0.3 is 0 Å². The number of nitrogens with two attached hydrogens (primary N) is 1. The van der Waals surface area contributed by atoms with Crippen molar-refractivity contribution in [1.82, 2.24) is 4.90 Å². The van der Waals surface area contributed by atoms with Crippen LogP contribution in [0.25, 0.3) is 0 Å². The fourth-order valence-corrected chi connectivity index (χ4v) is 3.29. The van der Waals surface area contributed by atoms with Crippen molar-refractivity contribution >= 4 is 0 Å². The van der Waals surface area contributed by atoms with Crippen LogP contribution in [-0.2, 0) is 0 Å². The van der Waals surface area contributed by atoms with Gasteiger partial charge in [0.25, 0.3) is 0 Å². The Morgan fingerprint density at radius 3 is 2.70 bits per heavy atom. The topological polar surface area (TPSA) is 29.3 Å². The molecular weight excluding hydrogens is 258 g/mol. The number of nitrogens with zero attached hydrogens (tertiary/aromatic N) is 1. The minimum absolute atomic E-state index is 0.264. The van der Waals surface area contributed by atoms with Crippen molar-refractivity contribution in [1.29, 1.82) is 0 Å². The molecule has 1 fully saturated rings. The molecule has 1 aromatic carbocycles. The molecule has 2 N–H and O–H groups in total. The van der Waals surface area contributed by atoms with Gasteiger partial charge in [0.2, 0.25) is 0 Å². The zero-order valence-electron chi connectivity index (χ0n) is 12.3. The van der Waals surface area contributed by atoms with E-state index >= 15 is 0 Å². The first-order chi connectivity index (χ1) is 9.49. The highest BCUT2D eigenvalue weighted by atomic mass is 19.1. The Balaban J connectivity index is 2.03. The summed E-state index contributed by atoms with van der Waals surface area (Å²) in [6, 6.07) is 3.47. The van der Waals surface area contributed by atoms with Crippen molar-refractivity contribution < 1.29 is 8.78 Å². The second kappa shape index (κ2) is 6.64. The van der Waals surface area contributed by atoms with Crippen LogP contribution in [0, 0.1) is 17.6 Å². The Kier molecular flexibility index (Phi) is 5.11. The first-order valence-corrected chi connectivity index (χ1v) is 7.40. The third-order valence-corrected chi connectivity index (χ3v) is 4.47. The summed E-state index contributed by atoms with van der Waals surface area (Å²) >= 11 is 0. The predicted octanol–water partition coefficient (Wildman–Crippen LogP) is 3.48. The summed E-state index contributed by atoms with van der Waals surface area (Å²) in [5.74, 6) is -0.229. The normalized spacial score (nSPS) is 24.9. The Bertz CT molecular complexity index is 450. The molecule has 1 aliphatic rings. The van der Waals surface area contributed by atoms with E-state index in [9.17, 15) is 8.78 Å². The molecule has 1 aromatic rings. The molecule has 0 amide bonds. The number of benzene rings is 1. The first-order valence-electron chi connectivity index (χ1n) is 7.40. The van der Waals surface area contributed by atoms with Crippen molar-refractivity contribution in [3.63, 3.8) is 0 Å². The number of hydrogen-bond acceptors (Lipinski definition) is 2. The van der Waals surface area contributed by atoms with E-state index in [1.54, 1.807) is 0 Å². The van der Waals surface area contributed by atoms with Crippen molar-refractivity contribution in [2.75, 3.05) is 13.6 Å². The molecule has 0 bridgehead atoms. The Morgan fingerprint density at radius 2 is 2.00 bits per heavy atom. The summed E-state index contributed by atoms with van der Waals surface area (Å²) in [6.07, 6.45) is 4.92. The average Bonchev–Trinajstić information content (AvgIpc) is 2.41. The Morgan fingerprint density at radius 1 is 1.30 bits per heavy atom. The van der Waals surface area contributed by atoms with Gasteiger partial charge in [-0.15, -0.1) is 0 Å². The van der Waals surface area contributed by atoms with Crippen LogP contribution in [-0.4, -0.2) is 24.5 Å². The molecule has 2 rings (SSSR count). The molecule has 0 saturated heterocycles. The lowest BCUT2D eigenvalue weighted by Gasteiger charge is -2.37. The van der Waals surface area contributed by atoms with E-state index in [4.69, 9.17) is 5.73 Å². The standard InChI is InChI=1S/C16H24F2N2/c1-11-5-3-4-6-16(11)20(2)10-15(19)13-9-12(17)7-8-14(13)18/h7-9,11,15-16H,3-6,10,19H2,1-2H3. The van der Waals surface area contributed by atoms with Gasteiger partial charge in [0, 0.05) is 24.2 Å². The van der Waals surface area contributed by atoms with Crippen LogP contribution in [0.5, 0.6) is 0 Å². The zero-order valence-corrected chi connectivity index (χ0v) is 12.3. The molecule has 112 valence electrons. The van der Waals surface area contributed by atoms with E-state index in [1.807, 2.05) is 7.05 Å². The van der Waals surface area contributed by atoms with Crippen LogP contribution >= 0.6 is 0 Å². The number of hydrogen-bond donors (Lipinski definition) is 1. The lowest BCUT2D eigenvalue weighted by molar-refractivity contribution is 0.132. The highest BCUT2D eigenvalue weighted by Crippen LogP contribution is 2.28. The lowest BCUT2D eigenvalue weighted by atomic mass is 9.85. The van der Waals surface area contributed by atoms with Crippen LogP contribution in [0.1, 0.15) is 44.2 Å². The predicted molar refractivity (Wildman–Crippen MR) is 77.3 cm³/mol. The van der Waals surface area contributed by atoms with Crippen LogP contribution in [0.3, 0.4) is 0 Å². The van der Waals surface area contributed by atoms with Gasteiger partial charge in [-0.3, -0.25) is 0 Å². The van der Waals surface area contributed by atoms with Crippen LogP contribution in [0.4, 0.5) is 8.78 Å². The minimum atomic E-state index is -0.496. The van der Waals surface area contributed by atoms with Crippen molar-refractivity contribution in [3.8, 4) is 0 Å². The maximum atomic E-state index is 13.7. The maximum Gasteiger partial charge on any atom is 0.128 e. The van der Waals surface area contributed by atoms with Crippen molar-refractivity contribution in [3.05, 3.63) is 35.4 Å². The van der Waals surface area contributed by atoms with Crippen molar-refractivity contribution in [2.45, 2.75) is 44.7 Å². The van der Waals surface area contributed by atoms with E-state index in [1.165, 1.54) is 25.3 Å². The largest absolute Gasteiger partial charge is 0.323 e. The fraction of sp³-hybridized carbons (Fsp3) is 0.625. The molecule has 0 spiro atoms. The number of halogens is 2. The smallest absolute Gasteiger partial charge is 0.128 e. The highest BCUT2D eigenvalue weighted by Gasteiger charge is 2.26. The monoisotopic (exact) mass is 282 g/mol. The highest BCUT2D eigenvalue weighted by molar-refractivity contribution is 5.22. The van der Waals surface area contributed by atoms with Gasteiger partial charge in [0.05, 0.1) is 0 Å². The molecule has 0 radical (unpaired) electrons. The van der Waals surface area contributed by atoms with Gasteiger partial charge in [-0.2, -0.15) is 0 Å². The van der Waals surface area contributed by atoms with Gasteiger partial charge < -0.3 is 10.6 Å². The van der Waals surface area contributed by atoms with Crippen LogP contribution in [0.15, 0.2) is 18.2 Å². The molecule has 4 heteroatoms. The van der Waals surface area contributed by atoms with Crippen LogP contribution < -0.4 is 5.73 Å². The third-order valence-electron chi connectivity index (χ3n) is 4.47.